The summed E-state index contributed by atoms with van der Waals surface area (Å²) in [6.45, 7) is 3.43. The summed E-state index contributed by atoms with van der Waals surface area (Å²) in [6, 6.07) is 7.71. The smallest absolute Gasteiger partial charge is 0.548 e. The molecule has 2 aliphatic rings. The fourth-order valence-corrected chi connectivity index (χ4v) is 5.16. The molecule has 2 saturated heterocycles. The van der Waals surface area contributed by atoms with Crippen LogP contribution in [0.5, 0.6) is 0 Å². The maximum atomic E-state index is 12.6. The molecular formula is C17H19N2NaO5S. The summed E-state index contributed by atoms with van der Waals surface area (Å²) >= 11 is 1.27. The van der Waals surface area contributed by atoms with E-state index in [-0.39, 0.29) is 29.6 Å². The molecule has 1 aromatic carbocycles. The van der Waals surface area contributed by atoms with E-state index in [1.807, 2.05) is 6.07 Å². The van der Waals surface area contributed by atoms with Crippen molar-refractivity contribution in [2.45, 2.75) is 36.1 Å². The molecule has 7 nitrogen and oxygen atoms in total. The Morgan fingerprint density at radius 1 is 1.31 bits per heavy atom. The number of hydrogen-bond donors (Lipinski definition) is 1. The van der Waals surface area contributed by atoms with Crippen LogP contribution in [-0.2, 0) is 14.4 Å². The van der Waals surface area contributed by atoms with E-state index in [0.717, 1.165) is 0 Å². The van der Waals surface area contributed by atoms with Crippen LogP contribution in [0.15, 0.2) is 30.3 Å². The zero-order valence-electron chi connectivity index (χ0n) is 15.1. The Kier molecular flexibility index (Phi) is 6.14. The van der Waals surface area contributed by atoms with Gasteiger partial charge in [-0.3, -0.25) is 9.59 Å². The number of para-hydroxylation sites is 1. The van der Waals surface area contributed by atoms with Crippen LogP contribution in [0.2, 0.25) is 0 Å². The van der Waals surface area contributed by atoms with Crippen molar-refractivity contribution in [3.8, 4) is 0 Å². The summed E-state index contributed by atoms with van der Waals surface area (Å²) in [5.41, 5.74) is 0.599. The van der Waals surface area contributed by atoms with Crippen molar-refractivity contribution in [3.05, 3.63) is 30.3 Å². The Morgan fingerprint density at radius 2 is 1.88 bits per heavy atom. The van der Waals surface area contributed by atoms with Crippen molar-refractivity contribution in [2.24, 2.45) is 5.92 Å². The molecule has 2 heterocycles. The largest absolute Gasteiger partial charge is 1.00 e. The first-order valence-corrected chi connectivity index (χ1v) is 8.76. The van der Waals surface area contributed by atoms with E-state index in [2.05, 4.69) is 0 Å². The predicted octanol–water partition coefficient (Wildman–Crippen LogP) is -3.56. The molecule has 9 heteroatoms. The number of carboxylic acid groups (broad SMARTS) is 1. The molecule has 0 aromatic heterocycles. The van der Waals surface area contributed by atoms with E-state index >= 15 is 0 Å². The molecule has 4 atom stereocenters. The third-order valence-electron chi connectivity index (χ3n) is 4.77. The molecule has 0 radical (unpaired) electrons. The summed E-state index contributed by atoms with van der Waals surface area (Å²) in [5.74, 6) is -3.40. The number of carboxylic acids is 1. The number of likely N-dealkylation sites (N-methyl/N-ethyl adjacent to an activating group) is 1. The van der Waals surface area contributed by atoms with Crippen LogP contribution >= 0.6 is 11.8 Å². The van der Waals surface area contributed by atoms with Crippen LogP contribution in [0.1, 0.15) is 13.8 Å². The molecule has 26 heavy (non-hydrogen) atoms. The van der Waals surface area contributed by atoms with Crippen molar-refractivity contribution in [2.75, 3.05) is 11.9 Å². The van der Waals surface area contributed by atoms with Gasteiger partial charge in [0.1, 0.15) is 12.0 Å². The molecule has 0 aliphatic carbocycles. The Balaban J connectivity index is 0.00000243. The number of nitrogens with zero attached hydrogens (tertiary/aromatic N) is 2. The fourth-order valence-electron chi connectivity index (χ4n) is 3.44. The number of carbonyl (C=O) groups excluding carboxylic acids is 3. The number of carbonyl (C=O) groups is 3. The molecular weight excluding hydrogens is 367 g/mol. The maximum Gasteiger partial charge on any atom is 1.00 e. The number of anilines is 1. The minimum Gasteiger partial charge on any atom is -0.548 e. The van der Waals surface area contributed by atoms with Crippen molar-refractivity contribution in [3.63, 3.8) is 0 Å². The first kappa shape index (κ1) is 21.2. The number of benzene rings is 1. The molecule has 134 valence electrons. The fraction of sp³-hybridized carbons (Fsp3) is 0.471. The Bertz CT molecular complexity index is 729. The van der Waals surface area contributed by atoms with Gasteiger partial charge in [0.05, 0.1) is 17.4 Å². The SMILES string of the molecule is CN(C(=O)[C@H](O)[C@@H]1C(=O)N2[C@@H]1SC(C)(C)[C@@H]2C(=O)[O-])c1ccccc1.[Na+]. The number of aliphatic carboxylic acids is 1. The number of fused-ring (bicyclic) bond motifs is 1. The van der Waals surface area contributed by atoms with Gasteiger partial charge in [0.2, 0.25) is 5.91 Å². The van der Waals surface area contributed by atoms with Crippen molar-refractivity contribution in [1.29, 1.82) is 0 Å². The Hall–Kier alpha value is -1.06. The monoisotopic (exact) mass is 386 g/mol. The van der Waals surface area contributed by atoms with Crippen LogP contribution in [0.3, 0.4) is 0 Å². The van der Waals surface area contributed by atoms with Gasteiger partial charge in [-0.2, -0.15) is 0 Å². The minimum absolute atomic E-state index is 0. The third-order valence-corrected chi connectivity index (χ3v) is 6.37. The first-order chi connectivity index (χ1) is 11.7. The Labute approximate surface area is 178 Å². The van der Waals surface area contributed by atoms with E-state index in [4.69, 9.17) is 0 Å². The molecule has 0 unspecified atom stereocenters. The number of rotatable bonds is 4. The van der Waals surface area contributed by atoms with Crippen LogP contribution in [0, 0.1) is 5.92 Å². The Morgan fingerprint density at radius 3 is 2.42 bits per heavy atom. The van der Waals surface area contributed by atoms with Crippen LogP contribution in [0.25, 0.3) is 0 Å². The van der Waals surface area contributed by atoms with E-state index in [1.54, 1.807) is 38.1 Å². The number of hydrogen-bond acceptors (Lipinski definition) is 6. The summed E-state index contributed by atoms with van der Waals surface area (Å²) < 4.78 is -0.748. The van der Waals surface area contributed by atoms with Gasteiger partial charge in [0, 0.05) is 17.5 Å². The molecule has 0 saturated carbocycles. The van der Waals surface area contributed by atoms with Crippen molar-refractivity contribution in [1.82, 2.24) is 4.90 Å². The van der Waals surface area contributed by atoms with Gasteiger partial charge < -0.3 is 24.8 Å². The predicted molar refractivity (Wildman–Crippen MR) is 90.4 cm³/mol. The topological polar surface area (TPSA) is 101 Å². The van der Waals surface area contributed by atoms with Gasteiger partial charge in [-0.05, 0) is 26.0 Å². The van der Waals surface area contributed by atoms with Gasteiger partial charge in [-0.25, -0.2) is 0 Å². The normalized spacial score (nSPS) is 27.0. The second kappa shape index (κ2) is 7.52. The second-order valence-electron chi connectivity index (χ2n) is 6.78. The van der Waals surface area contributed by atoms with Gasteiger partial charge in [-0.1, -0.05) is 18.2 Å². The van der Waals surface area contributed by atoms with Gasteiger partial charge in [0.15, 0.2) is 0 Å². The number of aliphatic hydroxyl groups excluding tert-OH is 1. The average Bonchev–Trinajstić information content (AvgIpc) is 2.82. The standard InChI is InChI=1S/C17H20N2O5S.Na/c1-17(2)12(16(23)24)19-13(21)10(15(19)25-17)11(20)14(22)18(3)9-7-5-4-6-8-9;/h4-8,10-12,15,20H,1-3H3,(H,23,24);/q;+1/p-1/t10-,11-,12+,15-;/m1./s1. The van der Waals surface area contributed by atoms with Crippen molar-refractivity contribution >= 4 is 35.2 Å². The average molecular weight is 386 g/mol. The summed E-state index contributed by atoms with van der Waals surface area (Å²) in [4.78, 5) is 38.9. The molecule has 3 rings (SSSR count). The summed E-state index contributed by atoms with van der Waals surface area (Å²) in [7, 11) is 1.53. The minimum atomic E-state index is -1.53. The van der Waals surface area contributed by atoms with Crippen LogP contribution < -0.4 is 39.6 Å². The molecule has 2 aliphatic heterocycles. The van der Waals surface area contributed by atoms with Gasteiger partial charge in [0.25, 0.3) is 5.91 Å². The second-order valence-corrected chi connectivity index (χ2v) is 8.55. The summed E-state index contributed by atoms with van der Waals surface area (Å²) in [5, 5.41) is 21.3. The number of β-lactam (4-membered cyclic amide) rings is 1. The van der Waals surface area contributed by atoms with E-state index < -0.39 is 46.0 Å². The molecule has 0 spiro atoms. The van der Waals surface area contributed by atoms with Crippen LogP contribution in [-0.4, -0.2) is 57.1 Å². The number of thioether (sulfide) groups is 1. The quantitative estimate of drug-likeness (QED) is 0.425. The van der Waals surface area contributed by atoms with Gasteiger partial charge >= 0.3 is 29.6 Å². The van der Waals surface area contributed by atoms with E-state index in [9.17, 15) is 24.6 Å². The molecule has 1 N–H and O–H groups in total. The first-order valence-electron chi connectivity index (χ1n) is 7.88. The molecule has 2 amide bonds. The molecule has 1 aromatic rings. The van der Waals surface area contributed by atoms with Gasteiger partial charge in [-0.15, -0.1) is 11.8 Å². The number of aliphatic hydroxyl groups is 1. The summed E-state index contributed by atoms with van der Waals surface area (Å²) in [6.07, 6.45) is -1.53. The van der Waals surface area contributed by atoms with E-state index in [1.165, 1.54) is 28.6 Å². The third kappa shape index (κ3) is 3.29. The van der Waals surface area contributed by atoms with Crippen molar-refractivity contribution < 1.29 is 54.2 Å². The van der Waals surface area contributed by atoms with E-state index in [0.29, 0.717) is 5.69 Å². The molecule has 0 bridgehead atoms. The zero-order chi connectivity index (χ0) is 18.5. The molecule has 2 fully saturated rings. The maximum absolute atomic E-state index is 12.6. The number of amides is 2. The zero-order valence-corrected chi connectivity index (χ0v) is 17.9. The van der Waals surface area contributed by atoms with Crippen LogP contribution in [0.4, 0.5) is 5.69 Å².